The molecule has 7 heteroatoms. The molecule has 0 aliphatic carbocycles. The molecule has 0 spiro atoms. The van der Waals surface area contributed by atoms with Crippen molar-refractivity contribution in [3.63, 3.8) is 0 Å². The number of hydrogen-bond donors (Lipinski definition) is 4. The lowest BCUT2D eigenvalue weighted by atomic mass is 10.0. The van der Waals surface area contributed by atoms with Crippen LogP contribution in [0.1, 0.15) is 18.7 Å². The number of H-pyrrole nitrogens is 1. The average molecular weight is 352 g/mol. The average Bonchev–Trinajstić information content (AvgIpc) is 3.19. The number of nitrogens with zero attached hydrogens (tertiary/aromatic N) is 2. The van der Waals surface area contributed by atoms with Crippen LogP contribution < -0.4 is 5.32 Å². The molecule has 7 nitrogen and oxygen atoms in total. The molecule has 4 rings (SSSR count). The maximum Gasteiger partial charge on any atom is 0.132 e. The number of aromatic nitrogens is 3. The molecule has 4 N–H and O–H groups in total. The number of aromatic amines is 1. The van der Waals surface area contributed by atoms with E-state index in [2.05, 4.69) is 20.5 Å². The fourth-order valence-electron chi connectivity index (χ4n) is 3.14. The highest BCUT2D eigenvalue weighted by atomic mass is 16.5. The Labute approximate surface area is 150 Å². The Hall–Kier alpha value is -2.74. The van der Waals surface area contributed by atoms with Gasteiger partial charge in [-0.2, -0.15) is 5.10 Å². The Bertz CT molecular complexity index is 869. The van der Waals surface area contributed by atoms with E-state index in [1.54, 1.807) is 13.1 Å². The van der Waals surface area contributed by atoms with Crippen molar-refractivity contribution >= 4 is 11.5 Å². The van der Waals surface area contributed by atoms with Crippen LogP contribution >= 0.6 is 0 Å². The van der Waals surface area contributed by atoms with Crippen LogP contribution in [0.4, 0.5) is 11.5 Å². The molecule has 1 aromatic carbocycles. The van der Waals surface area contributed by atoms with Crippen molar-refractivity contribution in [2.45, 2.75) is 31.3 Å². The second-order valence-electron chi connectivity index (χ2n) is 6.31. The van der Waals surface area contributed by atoms with Crippen molar-refractivity contribution in [1.29, 1.82) is 0 Å². The number of benzene rings is 1. The van der Waals surface area contributed by atoms with Gasteiger partial charge in [-0.05, 0) is 19.1 Å². The number of hydrogen-bond acceptors (Lipinski definition) is 6. The Morgan fingerprint density at radius 1 is 1.04 bits per heavy atom. The van der Waals surface area contributed by atoms with Crippen LogP contribution in [0.2, 0.25) is 0 Å². The van der Waals surface area contributed by atoms with Crippen molar-refractivity contribution < 1.29 is 14.9 Å². The van der Waals surface area contributed by atoms with E-state index in [1.165, 1.54) is 0 Å². The first kappa shape index (κ1) is 16.7. The zero-order valence-corrected chi connectivity index (χ0v) is 14.2. The molecule has 2 aromatic heterocycles. The summed E-state index contributed by atoms with van der Waals surface area (Å²) < 4.78 is 5.76. The van der Waals surface area contributed by atoms with E-state index in [1.807, 2.05) is 48.5 Å². The summed E-state index contributed by atoms with van der Waals surface area (Å²) in [4.78, 5) is 4.30. The van der Waals surface area contributed by atoms with Crippen molar-refractivity contribution in [3.05, 3.63) is 60.4 Å². The predicted molar refractivity (Wildman–Crippen MR) is 96.8 cm³/mol. The fourth-order valence-corrected chi connectivity index (χ4v) is 3.14. The standard InChI is InChI=1S/C19H20N4O3/c1-11-17(24)18(25)19(26-11)16-15(21-13-9-5-6-10-20-13)14(22-23-16)12-7-3-2-4-8-12/h2-11,17-19,24-25H,1H3,(H,20,21)(H,22,23)/t11-,17+,18+,19-/m0/s1. The highest BCUT2D eigenvalue weighted by Crippen LogP contribution is 2.40. The van der Waals surface area contributed by atoms with E-state index in [0.29, 0.717) is 17.2 Å². The van der Waals surface area contributed by atoms with Gasteiger partial charge in [0.2, 0.25) is 0 Å². The van der Waals surface area contributed by atoms with Gasteiger partial charge in [0, 0.05) is 11.8 Å². The lowest BCUT2D eigenvalue weighted by Gasteiger charge is -2.15. The van der Waals surface area contributed by atoms with Crippen LogP contribution in [0.3, 0.4) is 0 Å². The highest BCUT2D eigenvalue weighted by Gasteiger charge is 2.43. The molecule has 1 fully saturated rings. The maximum absolute atomic E-state index is 10.4. The van der Waals surface area contributed by atoms with E-state index in [0.717, 1.165) is 11.3 Å². The van der Waals surface area contributed by atoms with Crippen molar-refractivity contribution in [2.24, 2.45) is 0 Å². The number of aliphatic hydroxyl groups is 2. The van der Waals surface area contributed by atoms with Gasteiger partial charge in [-0.25, -0.2) is 4.98 Å². The lowest BCUT2D eigenvalue weighted by Crippen LogP contribution is -2.28. The Morgan fingerprint density at radius 3 is 2.46 bits per heavy atom. The minimum Gasteiger partial charge on any atom is -0.388 e. The SMILES string of the molecule is C[C@@H]1O[C@@H](c2n[nH]c(-c3ccccc3)c2Nc2ccccn2)[C@H](O)[C@@H]1O. The molecule has 1 aliphatic rings. The molecule has 0 radical (unpaired) electrons. The maximum atomic E-state index is 10.4. The van der Waals surface area contributed by atoms with E-state index in [9.17, 15) is 10.2 Å². The normalized spacial score (nSPS) is 25.3. The summed E-state index contributed by atoms with van der Waals surface area (Å²) in [5.41, 5.74) is 2.87. The zero-order valence-electron chi connectivity index (χ0n) is 14.2. The second kappa shape index (κ2) is 6.87. The van der Waals surface area contributed by atoms with Gasteiger partial charge in [0.05, 0.1) is 17.5 Å². The topological polar surface area (TPSA) is 103 Å². The molecule has 134 valence electrons. The van der Waals surface area contributed by atoms with Gasteiger partial charge in [-0.1, -0.05) is 36.4 Å². The molecule has 1 aliphatic heterocycles. The Kier molecular flexibility index (Phi) is 4.42. The summed E-state index contributed by atoms with van der Waals surface area (Å²) in [5, 5.41) is 31.1. The minimum atomic E-state index is -1.05. The predicted octanol–water partition coefficient (Wildman–Crippen LogP) is 2.40. The van der Waals surface area contributed by atoms with Crippen LogP contribution in [0, 0.1) is 0 Å². The highest BCUT2D eigenvalue weighted by molar-refractivity contribution is 5.79. The number of nitrogens with one attached hydrogen (secondary N) is 2. The molecule has 1 saturated heterocycles. The monoisotopic (exact) mass is 352 g/mol. The molecule has 3 aromatic rings. The molecule has 0 amide bonds. The van der Waals surface area contributed by atoms with Gasteiger partial charge in [-0.3, -0.25) is 5.10 Å². The minimum absolute atomic E-state index is 0.477. The largest absolute Gasteiger partial charge is 0.388 e. The van der Waals surface area contributed by atoms with E-state index >= 15 is 0 Å². The van der Waals surface area contributed by atoms with Crippen LogP contribution in [-0.4, -0.2) is 43.7 Å². The molecule has 4 atom stereocenters. The van der Waals surface area contributed by atoms with Gasteiger partial charge in [0.1, 0.15) is 29.8 Å². The van der Waals surface area contributed by atoms with E-state index in [-0.39, 0.29) is 0 Å². The first-order valence-electron chi connectivity index (χ1n) is 8.48. The molecule has 0 saturated carbocycles. The Balaban J connectivity index is 1.78. The number of ether oxygens (including phenoxy) is 1. The molecular formula is C19H20N4O3. The first-order valence-corrected chi connectivity index (χ1v) is 8.48. The van der Waals surface area contributed by atoms with Gasteiger partial charge >= 0.3 is 0 Å². The molecule has 0 unspecified atom stereocenters. The van der Waals surface area contributed by atoms with Gasteiger partial charge < -0.3 is 20.3 Å². The van der Waals surface area contributed by atoms with Crippen LogP contribution in [0.15, 0.2) is 54.7 Å². The molecule has 0 bridgehead atoms. The lowest BCUT2D eigenvalue weighted by molar-refractivity contribution is 0.0129. The first-order chi connectivity index (χ1) is 12.6. The number of rotatable bonds is 4. The number of pyridine rings is 1. The van der Waals surface area contributed by atoms with Gasteiger partial charge in [0.25, 0.3) is 0 Å². The third kappa shape index (κ3) is 2.96. The van der Waals surface area contributed by atoms with Gasteiger partial charge in [-0.15, -0.1) is 0 Å². The van der Waals surface area contributed by atoms with E-state index in [4.69, 9.17) is 4.74 Å². The van der Waals surface area contributed by atoms with Gasteiger partial charge in [0.15, 0.2) is 0 Å². The number of aliphatic hydroxyl groups excluding tert-OH is 2. The summed E-state index contributed by atoms with van der Waals surface area (Å²) in [7, 11) is 0. The van der Waals surface area contributed by atoms with Crippen LogP contribution in [-0.2, 0) is 4.74 Å². The number of anilines is 2. The second-order valence-corrected chi connectivity index (χ2v) is 6.31. The summed E-state index contributed by atoms with van der Waals surface area (Å²) in [6.45, 7) is 1.73. The third-order valence-corrected chi connectivity index (χ3v) is 4.55. The Morgan fingerprint density at radius 2 is 1.81 bits per heavy atom. The van der Waals surface area contributed by atoms with E-state index < -0.39 is 24.4 Å². The summed E-state index contributed by atoms with van der Waals surface area (Å²) >= 11 is 0. The van der Waals surface area contributed by atoms with Crippen molar-refractivity contribution in [1.82, 2.24) is 15.2 Å². The molecule has 3 heterocycles. The third-order valence-electron chi connectivity index (χ3n) is 4.55. The zero-order chi connectivity index (χ0) is 18.1. The fraction of sp³-hybridized carbons (Fsp3) is 0.263. The van der Waals surface area contributed by atoms with Crippen molar-refractivity contribution in [3.8, 4) is 11.3 Å². The van der Waals surface area contributed by atoms with Crippen LogP contribution in [0.5, 0.6) is 0 Å². The summed E-state index contributed by atoms with van der Waals surface area (Å²) in [5.74, 6) is 0.647. The quantitative estimate of drug-likeness (QED) is 0.575. The molecular weight excluding hydrogens is 332 g/mol. The smallest absolute Gasteiger partial charge is 0.132 e. The molecule has 26 heavy (non-hydrogen) atoms. The summed E-state index contributed by atoms with van der Waals surface area (Å²) in [6, 6.07) is 15.3. The van der Waals surface area contributed by atoms with Crippen molar-refractivity contribution in [2.75, 3.05) is 5.32 Å². The summed E-state index contributed by atoms with van der Waals surface area (Å²) in [6.07, 6.45) is -1.54. The van der Waals surface area contributed by atoms with Crippen LogP contribution in [0.25, 0.3) is 11.3 Å².